The molecule has 1 aliphatic heterocycles. The highest BCUT2D eigenvalue weighted by Gasteiger charge is 2.36. The summed E-state index contributed by atoms with van der Waals surface area (Å²) in [5.74, 6) is -2.52. The number of hydrogen-bond acceptors (Lipinski definition) is 4. The molecule has 0 unspecified atom stereocenters. The van der Waals surface area contributed by atoms with Gasteiger partial charge < -0.3 is 5.11 Å². The van der Waals surface area contributed by atoms with E-state index in [4.69, 9.17) is 33.4 Å². The molecule has 0 radical (unpaired) electrons. The Kier molecular flexibility index (Phi) is 8.13. The number of hydrogen-bond donors (Lipinski definition) is 1. The van der Waals surface area contributed by atoms with Crippen molar-refractivity contribution in [3.63, 3.8) is 0 Å². The first-order valence-corrected chi connectivity index (χ1v) is 17.4. The van der Waals surface area contributed by atoms with Crippen molar-refractivity contribution < 1.29 is 22.7 Å². The van der Waals surface area contributed by atoms with Gasteiger partial charge in [0.2, 0.25) is 10.0 Å². The number of piperidine rings is 1. The third kappa shape index (κ3) is 5.81. The second-order valence-electron chi connectivity index (χ2n) is 12.0. The van der Waals surface area contributed by atoms with Crippen molar-refractivity contribution in [3.05, 3.63) is 129 Å². The van der Waals surface area contributed by atoms with E-state index in [9.17, 15) is 17.6 Å². The number of sulfonamides is 1. The van der Waals surface area contributed by atoms with E-state index in [1.807, 2.05) is 48.5 Å². The van der Waals surface area contributed by atoms with Crippen LogP contribution in [0.15, 0.2) is 89.8 Å². The summed E-state index contributed by atoms with van der Waals surface area (Å²) in [7, 11) is -4.00. The second kappa shape index (κ2) is 12.1. The summed E-state index contributed by atoms with van der Waals surface area (Å²) in [6.45, 7) is 0.509. The second-order valence-corrected chi connectivity index (χ2v) is 14.8. The van der Waals surface area contributed by atoms with Gasteiger partial charge in [-0.2, -0.15) is 9.40 Å². The van der Waals surface area contributed by atoms with Gasteiger partial charge in [0.05, 0.1) is 22.0 Å². The van der Waals surface area contributed by atoms with Crippen LogP contribution in [-0.2, 0) is 10.0 Å². The van der Waals surface area contributed by atoms with Crippen molar-refractivity contribution in [2.75, 3.05) is 13.1 Å². The Balaban J connectivity index is 1.22. The summed E-state index contributed by atoms with van der Waals surface area (Å²) in [5.41, 5.74) is 4.74. The van der Waals surface area contributed by atoms with Crippen molar-refractivity contribution in [2.24, 2.45) is 0 Å². The third-order valence-corrected chi connectivity index (χ3v) is 11.4. The smallest absolute Gasteiger partial charge is 0.338 e. The van der Waals surface area contributed by atoms with E-state index in [-0.39, 0.29) is 29.8 Å². The van der Waals surface area contributed by atoms with Crippen molar-refractivity contribution in [3.8, 4) is 0 Å². The van der Waals surface area contributed by atoms with E-state index >= 15 is 0 Å². The molecule has 0 bridgehead atoms. The average molecular weight is 679 g/mol. The molecule has 7 rings (SSSR count). The van der Waals surface area contributed by atoms with Gasteiger partial charge in [-0.1, -0.05) is 53.5 Å². The lowest BCUT2D eigenvalue weighted by molar-refractivity contribution is 0.0691. The fourth-order valence-electron chi connectivity index (χ4n) is 6.56. The van der Waals surface area contributed by atoms with Crippen LogP contribution in [0.2, 0.25) is 10.0 Å². The molecular weight excluding hydrogens is 648 g/mol. The first-order valence-electron chi connectivity index (χ1n) is 15.2. The molecule has 7 nitrogen and oxygen atoms in total. The highest BCUT2D eigenvalue weighted by atomic mass is 35.5. The number of carbonyl (C=O) groups is 1. The van der Waals surface area contributed by atoms with Crippen LogP contribution >= 0.6 is 23.2 Å². The SMILES string of the molecule is O=C(O)c1ccc(S(=O)(=O)N2CCC(c3c4cc(C(c5ccc(Cl)cc5)c5ccc(Cl)cc5)ccc4nn3C3CC3)CC2)cc1F. The van der Waals surface area contributed by atoms with Crippen molar-refractivity contribution >= 4 is 50.1 Å². The molecule has 0 spiro atoms. The number of benzene rings is 4. The van der Waals surface area contributed by atoms with Gasteiger partial charge in [0.15, 0.2) is 0 Å². The summed E-state index contributed by atoms with van der Waals surface area (Å²) in [4.78, 5) is 11.0. The first kappa shape index (κ1) is 30.9. The van der Waals surface area contributed by atoms with Crippen molar-refractivity contribution in [1.29, 1.82) is 0 Å². The van der Waals surface area contributed by atoms with E-state index < -0.39 is 27.4 Å². The molecule has 5 aromatic rings. The molecule has 4 aromatic carbocycles. The number of rotatable bonds is 8. The molecule has 1 saturated heterocycles. The summed E-state index contributed by atoms with van der Waals surface area (Å²) in [6.07, 6.45) is 3.25. The molecule has 46 heavy (non-hydrogen) atoms. The maximum atomic E-state index is 14.4. The molecule has 236 valence electrons. The van der Waals surface area contributed by atoms with E-state index in [0.29, 0.717) is 28.9 Å². The van der Waals surface area contributed by atoms with Crippen LogP contribution in [0, 0.1) is 5.82 Å². The Hall–Kier alpha value is -3.76. The summed E-state index contributed by atoms with van der Waals surface area (Å²) < 4.78 is 44.7. The van der Waals surface area contributed by atoms with Crippen LogP contribution in [0.5, 0.6) is 0 Å². The molecular formula is C35H30Cl2FN3O4S. The van der Waals surface area contributed by atoms with Crippen molar-refractivity contribution in [1.82, 2.24) is 14.1 Å². The van der Waals surface area contributed by atoms with Crippen molar-refractivity contribution in [2.45, 2.75) is 48.5 Å². The number of carboxylic acid groups (broad SMARTS) is 1. The third-order valence-electron chi connectivity index (χ3n) is 9.04. The highest BCUT2D eigenvalue weighted by molar-refractivity contribution is 7.89. The van der Waals surface area contributed by atoms with Gasteiger partial charge in [0.1, 0.15) is 5.82 Å². The fourth-order valence-corrected chi connectivity index (χ4v) is 8.29. The molecule has 1 aromatic heterocycles. The van der Waals surface area contributed by atoms with Crippen LogP contribution in [0.4, 0.5) is 4.39 Å². The summed E-state index contributed by atoms with van der Waals surface area (Å²) in [5, 5.41) is 16.6. The highest BCUT2D eigenvalue weighted by Crippen LogP contribution is 2.44. The van der Waals surface area contributed by atoms with Crippen LogP contribution in [0.25, 0.3) is 10.9 Å². The largest absolute Gasteiger partial charge is 0.478 e. The van der Waals surface area contributed by atoms with E-state index in [1.54, 1.807) is 0 Å². The lowest BCUT2D eigenvalue weighted by Crippen LogP contribution is -2.38. The topological polar surface area (TPSA) is 92.5 Å². The molecule has 1 aliphatic carbocycles. The van der Waals surface area contributed by atoms with Gasteiger partial charge in [0.25, 0.3) is 0 Å². The van der Waals surface area contributed by atoms with Gasteiger partial charge in [-0.05, 0) is 97.0 Å². The van der Waals surface area contributed by atoms with Gasteiger partial charge in [-0.25, -0.2) is 17.6 Å². The summed E-state index contributed by atoms with van der Waals surface area (Å²) in [6, 6.07) is 25.4. The molecule has 1 N–H and O–H groups in total. The predicted molar refractivity (Wildman–Crippen MR) is 176 cm³/mol. The maximum Gasteiger partial charge on any atom is 0.338 e. The van der Waals surface area contributed by atoms with E-state index in [2.05, 4.69) is 22.9 Å². The molecule has 0 amide bonds. The molecule has 1 saturated carbocycles. The monoisotopic (exact) mass is 677 g/mol. The van der Waals surface area contributed by atoms with Crippen LogP contribution in [0.3, 0.4) is 0 Å². The Morgan fingerprint density at radius 2 is 1.41 bits per heavy atom. The zero-order valence-corrected chi connectivity index (χ0v) is 26.9. The number of fused-ring (bicyclic) bond motifs is 1. The average Bonchev–Trinajstić information content (AvgIpc) is 3.83. The van der Waals surface area contributed by atoms with Gasteiger partial charge in [0, 0.05) is 46.1 Å². The Bertz CT molecular complexity index is 2010. The predicted octanol–water partition coefficient (Wildman–Crippen LogP) is 8.26. The number of carboxylic acids is 1. The Morgan fingerprint density at radius 3 is 1.96 bits per heavy atom. The molecule has 0 atom stereocenters. The van der Waals surface area contributed by atoms with Crippen LogP contribution < -0.4 is 0 Å². The van der Waals surface area contributed by atoms with Gasteiger partial charge in [-0.3, -0.25) is 4.68 Å². The lowest BCUT2D eigenvalue weighted by atomic mass is 9.84. The molecule has 2 heterocycles. The van der Waals surface area contributed by atoms with E-state index in [0.717, 1.165) is 64.3 Å². The standard InChI is InChI=1S/C35H30Cl2FN3O4S/c36-25-6-1-21(2-7-25)33(22-3-8-26(37)9-4-22)24-5-14-32-30(19-24)34(41(39-32)27-10-11-27)23-15-17-40(18-16-23)46(44,45)28-12-13-29(35(42)43)31(38)20-28/h1-9,12-14,19-20,23,27,33H,10-11,15-18H2,(H,42,43). The lowest BCUT2D eigenvalue weighted by Gasteiger charge is -2.32. The van der Waals surface area contributed by atoms with Gasteiger partial charge >= 0.3 is 5.97 Å². The quantitative estimate of drug-likeness (QED) is 0.167. The number of nitrogens with zero attached hydrogens (tertiary/aromatic N) is 3. The number of aromatic nitrogens is 2. The van der Waals surface area contributed by atoms with Gasteiger partial charge in [-0.15, -0.1) is 0 Å². The minimum atomic E-state index is -4.00. The summed E-state index contributed by atoms with van der Waals surface area (Å²) >= 11 is 12.5. The molecule has 2 fully saturated rings. The normalized spacial score (nSPS) is 16.3. The minimum Gasteiger partial charge on any atom is -0.478 e. The number of aromatic carboxylic acids is 1. The van der Waals surface area contributed by atoms with Crippen LogP contribution in [-0.4, -0.2) is 46.7 Å². The fraction of sp³-hybridized carbons (Fsp3) is 0.257. The van der Waals surface area contributed by atoms with E-state index in [1.165, 1.54) is 4.31 Å². The zero-order chi connectivity index (χ0) is 32.2. The first-order chi connectivity index (χ1) is 22.1. The van der Waals surface area contributed by atoms with Crippen LogP contribution in [0.1, 0.15) is 76.3 Å². The maximum absolute atomic E-state index is 14.4. The Labute approximate surface area is 276 Å². The zero-order valence-electron chi connectivity index (χ0n) is 24.6. The number of halogens is 3. The molecule has 11 heteroatoms. The minimum absolute atomic E-state index is 0.0722. The molecule has 2 aliphatic rings. The Morgan fingerprint density at radius 1 is 0.826 bits per heavy atom.